The minimum atomic E-state index is -0.101. The topological polar surface area (TPSA) is 61.9 Å². The maximum atomic E-state index is 13.4. The lowest BCUT2D eigenvalue weighted by molar-refractivity contribution is -0.0283. The Kier molecular flexibility index (Phi) is 4.69. The molecule has 0 bridgehead atoms. The molecular formula is C22H20N4O2S. The molecule has 3 heterocycles. The number of nitrogens with zero attached hydrogens (tertiary/aromatic N) is 4. The van der Waals surface area contributed by atoms with Crippen LogP contribution in [-0.4, -0.2) is 32.5 Å². The van der Waals surface area contributed by atoms with Gasteiger partial charge in [-0.3, -0.25) is 14.0 Å². The molecule has 1 unspecified atom stereocenters. The monoisotopic (exact) mass is 404 g/mol. The minimum Gasteiger partial charge on any atom is -0.377 e. The number of para-hydroxylation sites is 1. The average molecular weight is 404 g/mol. The Bertz CT molecular complexity index is 1200. The molecule has 5 rings (SSSR count). The molecule has 0 amide bonds. The van der Waals surface area contributed by atoms with Crippen LogP contribution in [0.15, 0.2) is 76.8 Å². The number of thioether (sulfide) groups is 1. The summed E-state index contributed by atoms with van der Waals surface area (Å²) in [6.07, 6.45) is 1.80. The van der Waals surface area contributed by atoms with Crippen LogP contribution in [0.2, 0.25) is 0 Å². The molecule has 1 fully saturated rings. The molecule has 0 N–H and O–H groups in total. The second-order valence-corrected chi connectivity index (χ2v) is 8.39. The van der Waals surface area contributed by atoms with Gasteiger partial charge in [0.15, 0.2) is 10.8 Å². The number of benzene rings is 2. The van der Waals surface area contributed by atoms with Gasteiger partial charge >= 0.3 is 0 Å². The van der Waals surface area contributed by atoms with Gasteiger partial charge < -0.3 is 4.74 Å². The molecule has 0 saturated carbocycles. The lowest BCUT2D eigenvalue weighted by Gasteiger charge is -2.25. The fourth-order valence-electron chi connectivity index (χ4n) is 3.36. The van der Waals surface area contributed by atoms with Crippen LogP contribution in [-0.2, 0) is 4.74 Å². The average Bonchev–Trinajstić information content (AvgIpc) is 3.12. The van der Waals surface area contributed by atoms with Crippen molar-refractivity contribution in [2.75, 3.05) is 13.2 Å². The molecule has 1 aliphatic heterocycles. The van der Waals surface area contributed by atoms with Crippen molar-refractivity contribution >= 4 is 22.8 Å². The molecule has 1 saturated heterocycles. The maximum Gasteiger partial charge on any atom is 0.269 e. The maximum absolute atomic E-state index is 13.4. The lowest BCUT2D eigenvalue weighted by atomic mass is 10.2. The summed E-state index contributed by atoms with van der Waals surface area (Å²) in [5.74, 6) is 0. The quantitative estimate of drug-likeness (QED) is 0.372. The van der Waals surface area contributed by atoms with Crippen molar-refractivity contribution in [3.8, 4) is 5.69 Å². The fraction of sp³-hybridized carbons (Fsp3) is 0.227. The van der Waals surface area contributed by atoms with Crippen LogP contribution < -0.4 is 5.56 Å². The van der Waals surface area contributed by atoms with E-state index in [1.165, 1.54) is 5.56 Å². The van der Waals surface area contributed by atoms with Crippen molar-refractivity contribution in [3.63, 3.8) is 0 Å². The molecule has 0 radical (unpaired) electrons. The van der Waals surface area contributed by atoms with E-state index in [0.717, 1.165) is 5.69 Å². The first-order valence-corrected chi connectivity index (χ1v) is 10.5. The van der Waals surface area contributed by atoms with Crippen LogP contribution in [0.5, 0.6) is 0 Å². The molecule has 6 nitrogen and oxygen atoms in total. The highest BCUT2D eigenvalue weighted by Gasteiger charge is 2.24. The molecule has 2 aromatic heterocycles. The van der Waals surface area contributed by atoms with Crippen molar-refractivity contribution in [2.45, 2.75) is 23.4 Å². The van der Waals surface area contributed by atoms with Gasteiger partial charge in [0.25, 0.3) is 5.56 Å². The summed E-state index contributed by atoms with van der Waals surface area (Å²) in [6.45, 7) is 3.36. The summed E-state index contributed by atoms with van der Waals surface area (Å²) in [5, 5.41) is 5.87. The second-order valence-electron chi connectivity index (χ2n) is 7.08. The standard InChI is InChI=1S/C22H20N4O2S/c1-15(16-8-4-2-5-9-16)29-22-23-20-19(12-25(24-20)18-13-28-14-18)21(27)26(22)17-10-6-3-7-11-17/h2-12,15,18H,13-14H2,1H3. The Morgan fingerprint density at radius 3 is 2.41 bits per heavy atom. The van der Waals surface area contributed by atoms with Gasteiger partial charge in [0.1, 0.15) is 5.39 Å². The first-order valence-electron chi connectivity index (χ1n) is 9.57. The van der Waals surface area contributed by atoms with E-state index < -0.39 is 0 Å². The zero-order valence-electron chi connectivity index (χ0n) is 15.9. The SMILES string of the molecule is CC(Sc1nc2nn(C3COC3)cc2c(=O)n1-c1ccccc1)c1ccccc1. The summed E-state index contributed by atoms with van der Waals surface area (Å²) in [6, 6.07) is 20.0. The number of ether oxygens (including phenoxy) is 1. The smallest absolute Gasteiger partial charge is 0.269 e. The third-order valence-electron chi connectivity index (χ3n) is 5.10. The molecule has 0 aliphatic carbocycles. The van der Waals surface area contributed by atoms with Gasteiger partial charge in [0, 0.05) is 11.4 Å². The van der Waals surface area contributed by atoms with Crippen molar-refractivity contribution in [1.29, 1.82) is 0 Å². The van der Waals surface area contributed by atoms with Crippen LogP contribution in [0.3, 0.4) is 0 Å². The molecule has 1 atom stereocenters. The zero-order valence-corrected chi connectivity index (χ0v) is 16.7. The summed E-state index contributed by atoms with van der Waals surface area (Å²) >= 11 is 1.56. The fourth-order valence-corrected chi connectivity index (χ4v) is 4.40. The first kappa shape index (κ1) is 18.1. The highest BCUT2D eigenvalue weighted by atomic mass is 32.2. The van der Waals surface area contributed by atoms with E-state index >= 15 is 0 Å². The van der Waals surface area contributed by atoms with Crippen LogP contribution in [0.25, 0.3) is 16.7 Å². The predicted octanol–water partition coefficient (Wildman–Crippen LogP) is 4.01. The van der Waals surface area contributed by atoms with E-state index in [4.69, 9.17) is 9.72 Å². The molecule has 7 heteroatoms. The van der Waals surface area contributed by atoms with E-state index in [0.29, 0.717) is 29.4 Å². The molecule has 1 aliphatic rings. The third-order valence-corrected chi connectivity index (χ3v) is 6.21. The van der Waals surface area contributed by atoms with Gasteiger partial charge in [-0.25, -0.2) is 4.98 Å². The summed E-state index contributed by atoms with van der Waals surface area (Å²) in [5.41, 5.74) is 2.37. The summed E-state index contributed by atoms with van der Waals surface area (Å²) in [7, 11) is 0. The molecular weight excluding hydrogens is 384 g/mol. The minimum absolute atomic E-state index is 0.101. The number of hydrogen-bond donors (Lipinski definition) is 0. The number of hydrogen-bond acceptors (Lipinski definition) is 5. The molecule has 146 valence electrons. The number of fused-ring (bicyclic) bond motifs is 1. The largest absolute Gasteiger partial charge is 0.377 e. The highest BCUT2D eigenvalue weighted by Crippen LogP contribution is 2.34. The van der Waals surface area contributed by atoms with Gasteiger partial charge in [-0.15, -0.1) is 0 Å². The lowest BCUT2D eigenvalue weighted by Crippen LogP contribution is -2.30. The normalized spacial score (nSPS) is 15.3. The van der Waals surface area contributed by atoms with E-state index in [1.54, 1.807) is 22.5 Å². The number of aromatic nitrogens is 4. The van der Waals surface area contributed by atoms with Crippen LogP contribution in [0.4, 0.5) is 0 Å². The van der Waals surface area contributed by atoms with Crippen LogP contribution in [0, 0.1) is 0 Å². The van der Waals surface area contributed by atoms with Crippen LogP contribution in [0.1, 0.15) is 23.8 Å². The second kappa shape index (κ2) is 7.50. The van der Waals surface area contributed by atoms with Gasteiger partial charge in [-0.2, -0.15) is 5.10 Å². The Morgan fingerprint density at radius 2 is 1.76 bits per heavy atom. The van der Waals surface area contributed by atoms with Crippen molar-refractivity contribution in [3.05, 3.63) is 82.8 Å². The van der Waals surface area contributed by atoms with Crippen molar-refractivity contribution < 1.29 is 4.74 Å². The zero-order chi connectivity index (χ0) is 19.8. The first-order chi connectivity index (χ1) is 14.2. The van der Waals surface area contributed by atoms with Gasteiger partial charge in [-0.1, -0.05) is 60.3 Å². The molecule has 29 heavy (non-hydrogen) atoms. The Balaban J connectivity index is 1.65. The van der Waals surface area contributed by atoms with Gasteiger partial charge in [-0.05, 0) is 24.6 Å². The van der Waals surface area contributed by atoms with Crippen molar-refractivity contribution in [2.24, 2.45) is 0 Å². The van der Waals surface area contributed by atoms with E-state index in [-0.39, 0.29) is 16.9 Å². The van der Waals surface area contributed by atoms with E-state index in [9.17, 15) is 4.79 Å². The van der Waals surface area contributed by atoms with E-state index in [1.807, 2.05) is 53.2 Å². The Hall–Kier alpha value is -2.90. The van der Waals surface area contributed by atoms with Gasteiger partial charge in [0.2, 0.25) is 0 Å². The molecule has 4 aromatic rings. The Morgan fingerprint density at radius 1 is 1.07 bits per heavy atom. The van der Waals surface area contributed by atoms with E-state index in [2.05, 4.69) is 24.2 Å². The Labute approximate surface area is 172 Å². The summed E-state index contributed by atoms with van der Waals surface area (Å²) in [4.78, 5) is 18.2. The van der Waals surface area contributed by atoms with Gasteiger partial charge in [0.05, 0.1) is 24.9 Å². The number of rotatable bonds is 5. The van der Waals surface area contributed by atoms with Crippen molar-refractivity contribution in [1.82, 2.24) is 19.3 Å². The molecule has 2 aromatic carbocycles. The summed E-state index contributed by atoms with van der Waals surface area (Å²) < 4.78 is 8.77. The highest BCUT2D eigenvalue weighted by molar-refractivity contribution is 7.99. The van der Waals surface area contributed by atoms with Crippen LogP contribution >= 0.6 is 11.8 Å². The predicted molar refractivity (Wildman–Crippen MR) is 114 cm³/mol. The third kappa shape index (κ3) is 3.36. The molecule has 0 spiro atoms.